The summed E-state index contributed by atoms with van der Waals surface area (Å²) < 4.78 is 5.09. The minimum Gasteiger partial charge on any atom is -0.463 e. The molecule has 2 nitrogen and oxygen atoms in total. The molecule has 0 N–H and O–H groups in total. The number of allylic oxidation sites excluding steroid dienone is 2. The highest BCUT2D eigenvalue weighted by Gasteiger charge is 2.04. The molecule has 0 aliphatic rings. The molecule has 19 heavy (non-hydrogen) atoms. The van der Waals surface area contributed by atoms with Crippen LogP contribution in [0.2, 0.25) is 0 Å². The Bertz CT molecular complexity index is 231. The van der Waals surface area contributed by atoms with Gasteiger partial charge in [0.15, 0.2) is 0 Å². The van der Waals surface area contributed by atoms with Crippen LogP contribution in [-0.4, -0.2) is 12.1 Å². The predicted octanol–water partition coefficient (Wildman–Crippen LogP) is 5.42. The molecule has 2 heteroatoms. The second-order valence-corrected chi connectivity index (χ2v) is 5.46. The third-order valence-corrected chi connectivity index (χ3v) is 3.01. The van der Waals surface area contributed by atoms with Gasteiger partial charge in [0.1, 0.15) is 0 Å². The Morgan fingerprint density at radius 1 is 0.947 bits per heavy atom. The number of ether oxygens (including phenoxy) is 1. The second kappa shape index (κ2) is 13.6. The average Bonchev–Trinajstić information content (AvgIpc) is 2.35. The zero-order valence-electron chi connectivity index (χ0n) is 13.1. The highest BCUT2D eigenvalue weighted by atomic mass is 16.5. The van der Waals surface area contributed by atoms with Crippen LogP contribution >= 0.6 is 0 Å². The van der Waals surface area contributed by atoms with Crippen molar-refractivity contribution in [2.75, 3.05) is 0 Å². The van der Waals surface area contributed by atoms with Gasteiger partial charge in [0, 0.05) is 6.42 Å². The van der Waals surface area contributed by atoms with Crippen molar-refractivity contribution in [1.82, 2.24) is 0 Å². The molecule has 0 radical (unpaired) electrons. The van der Waals surface area contributed by atoms with Gasteiger partial charge in [0.05, 0.1) is 6.10 Å². The van der Waals surface area contributed by atoms with Crippen LogP contribution in [0.1, 0.15) is 85.0 Å². The number of esters is 1. The lowest BCUT2D eigenvalue weighted by Gasteiger charge is -2.07. The average molecular weight is 268 g/mol. The quantitative estimate of drug-likeness (QED) is 0.268. The molecule has 0 aliphatic carbocycles. The summed E-state index contributed by atoms with van der Waals surface area (Å²) >= 11 is 0. The molecule has 0 aromatic carbocycles. The molecule has 0 saturated heterocycles. The van der Waals surface area contributed by atoms with Gasteiger partial charge < -0.3 is 4.74 Å². The van der Waals surface area contributed by atoms with Crippen LogP contribution in [-0.2, 0) is 9.53 Å². The maximum Gasteiger partial charge on any atom is 0.306 e. The topological polar surface area (TPSA) is 26.3 Å². The zero-order chi connectivity index (χ0) is 14.3. The Morgan fingerprint density at radius 3 is 2.16 bits per heavy atom. The van der Waals surface area contributed by atoms with Crippen molar-refractivity contribution >= 4 is 5.97 Å². The van der Waals surface area contributed by atoms with E-state index < -0.39 is 0 Å². The van der Waals surface area contributed by atoms with E-state index in [2.05, 4.69) is 19.1 Å². The van der Waals surface area contributed by atoms with Gasteiger partial charge in [-0.15, -0.1) is 0 Å². The summed E-state index contributed by atoms with van der Waals surface area (Å²) in [6.07, 6.45) is 16.2. The van der Waals surface area contributed by atoms with E-state index in [0.29, 0.717) is 6.42 Å². The predicted molar refractivity (Wildman–Crippen MR) is 82.2 cm³/mol. The van der Waals surface area contributed by atoms with Crippen LogP contribution < -0.4 is 0 Å². The van der Waals surface area contributed by atoms with Gasteiger partial charge >= 0.3 is 5.97 Å². The first-order valence-electron chi connectivity index (χ1n) is 8.01. The lowest BCUT2D eigenvalue weighted by Crippen LogP contribution is -2.10. The van der Waals surface area contributed by atoms with E-state index in [0.717, 1.165) is 12.8 Å². The Labute approximate surface area is 119 Å². The molecule has 0 aromatic heterocycles. The molecule has 0 saturated carbocycles. The Morgan fingerprint density at radius 2 is 1.53 bits per heavy atom. The first kappa shape index (κ1) is 18.2. The van der Waals surface area contributed by atoms with E-state index in [1.54, 1.807) is 0 Å². The van der Waals surface area contributed by atoms with Crippen molar-refractivity contribution in [3.8, 4) is 0 Å². The Balaban J connectivity index is 3.18. The molecule has 112 valence electrons. The van der Waals surface area contributed by atoms with Crippen molar-refractivity contribution in [3.05, 3.63) is 12.2 Å². The molecule has 0 bridgehead atoms. The van der Waals surface area contributed by atoms with Gasteiger partial charge in [-0.05, 0) is 39.5 Å². The highest BCUT2D eigenvalue weighted by Crippen LogP contribution is 2.09. The van der Waals surface area contributed by atoms with Crippen LogP contribution in [0, 0.1) is 0 Å². The second-order valence-electron chi connectivity index (χ2n) is 5.46. The van der Waals surface area contributed by atoms with E-state index in [9.17, 15) is 4.79 Å². The highest BCUT2D eigenvalue weighted by molar-refractivity contribution is 5.69. The van der Waals surface area contributed by atoms with Crippen molar-refractivity contribution in [2.24, 2.45) is 0 Å². The molecule has 0 aliphatic heterocycles. The van der Waals surface area contributed by atoms with E-state index >= 15 is 0 Å². The smallest absolute Gasteiger partial charge is 0.306 e. The fourth-order valence-electron chi connectivity index (χ4n) is 1.94. The number of rotatable bonds is 12. The standard InChI is InChI=1S/C17H32O2/c1-4-5-6-7-8-9-10-11-12-13-14-15-17(18)19-16(2)3/h7-8,16H,4-6,9-15H2,1-3H3. The molecular formula is C17H32O2. The summed E-state index contributed by atoms with van der Waals surface area (Å²) in [5.74, 6) is -0.0474. The number of hydrogen-bond donors (Lipinski definition) is 0. The Hall–Kier alpha value is -0.790. The van der Waals surface area contributed by atoms with E-state index in [-0.39, 0.29) is 12.1 Å². The lowest BCUT2D eigenvalue weighted by atomic mass is 10.1. The maximum absolute atomic E-state index is 11.3. The molecule has 0 fully saturated rings. The van der Waals surface area contributed by atoms with Crippen LogP contribution in [0.4, 0.5) is 0 Å². The zero-order valence-corrected chi connectivity index (χ0v) is 13.1. The fourth-order valence-corrected chi connectivity index (χ4v) is 1.94. The largest absolute Gasteiger partial charge is 0.463 e. The first-order valence-corrected chi connectivity index (χ1v) is 8.01. The third-order valence-electron chi connectivity index (χ3n) is 3.01. The van der Waals surface area contributed by atoms with Crippen molar-refractivity contribution in [3.63, 3.8) is 0 Å². The molecule has 0 heterocycles. The summed E-state index contributed by atoms with van der Waals surface area (Å²) in [5.41, 5.74) is 0. The van der Waals surface area contributed by atoms with E-state index in [1.165, 1.54) is 44.9 Å². The first-order chi connectivity index (χ1) is 9.16. The minimum atomic E-state index is -0.0474. The van der Waals surface area contributed by atoms with Crippen LogP contribution in [0.3, 0.4) is 0 Å². The summed E-state index contributed by atoms with van der Waals surface area (Å²) in [6.45, 7) is 6.02. The van der Waals surface area contributed by atoms with Crippen LogP contribution in [0.5, 0.6) is 0 Å². The SMILES string of the molecule is CCCCC=CCCCCCCCC(=O)OC(C)C. The lowest BCUT2D eigenvalue weighted by molar-refractivity contribution is -0.147. The third kappa shape index (κ3) is 15.2. The summed E-state index contributed by atoms with van der Waals surface area (Å²) in [4.78, 5) is 11.3. The molecule has 0 rings (SSSR count). The molecule has 0 atom stereocenters. The van der Waals surface area contributed by atoms with Crippen molar-refractivity contribution < 1.29 is 9.53 Å². The van der Waals surface area contributed by atoms with Crippen molar-refractivity contribution in [1.29, 1.82) is 0 Å². The minimum absolute atomic E-state index is 0.0204. The van der Waals surface area contributed by atoms with Crippen molar-refractivity contribution in [2.45, 2.75) is 91.1 Å². The monoisotopic (exact) mass is 268 g/mol. The van der Waals surface area contributed by atoms with Gasteiger partial charge in [-0.2, -0.15) is 0 Å². The van der Waals surface area contributed by atoms with Gasteiger partial charge in [-0.25, -0.2) is 0 Å². The number of unbranched alkanes of at least 4 members (excludes halogenated alkanes) is 7. The fraction of sp³-hybridized carbons (Fsp3) is 0.824. The number of carbonyl (C=O) groups excluding carboxylic acids is 1. The van der Waals surface area contributed by atoms with Gasteiger partial charge in [-0.1, -0.05) is 51.2 Å². The molecule has 0 spiro atoms. The normalized spacial score (nSPS) is 11.4. The molecule has 0 unspecified atom stereocenters. The summed E-state index contributed by atoms with van der Waals surface area (Å²) in [6, 6.07) is 0. The van der Waals surface area contributed by atoms with Crippen LogP contribution in [0.15, 0.2) is 12.2 Å². The number of hydrogen-bond acceptors (Lipinski definition) is 2. The molecular weight excluding hydrogens is 236 g/mol. The van der Waals surface area contributed by atoms with E-state index in [1.807, 2.05) is 13.8 Å². The van der Waals surface area contributed by atoms with Gasteiger partial charge in [-0.3, -0.25) is 4.79 Å². The van der Waals surface area contributed by atoms with Gasteiger partial charge in [0.2, 0.25) is 0 Å². The summed E-state index contributed by atoms with van der Waals surface area (Å²) in [5, 5.41) is 0. The van der Waals surface area contributed by atoms with Crippen LogP contribution in [0.25, 0.3) is 0 Å². The Kier molecular flexibility index (Phi) is 13.1. The van der Waals surface area contributed by atoms with E-state index in [4.69, 9.17) is 4.74 Å². The maximum atomic E-state index is 11.3. The van der Waals surface area contributed by atoms with Gasteiger partial charge in [0.25, 0.3) is 0 Å². The number of carbonyl (C=O) groups is 1. The molecule has 0 aromatic rings. The summed E-state index contributed by atoms with van der Waals surface area (Å²) in [7, 11) is 0. The molecule has 0 amide bonds.